The number of amidine groups is 1. The second-order valence-electron chi connectivity index (χ2n) is 5.08. The second kappa shape index (κ2) is 6.65. The molecule has 1 aromatic carbocycles. The molecule has 1 aromatic rings. The van der Waals surface area contributed by atoms with Crippen molar-refractivity contribution >= 4 is 37.5 Å². The van der Waals surface area contributed by atoms with Crippen LogP contribution in [0.25, 0.3) is 0 Å². The third-order valence-corrected chi connectivity index (χ3v) is 5.96. The molecule has 4 N–H and O–H groups in total. The van der Waals surface area contributed by atoms with Crippen molar-refractivity contribution in [2.75, 3.05) is 4.72 Å². The highest BCUT2D eigenvalue weighted by Crippen LogP contribution is 2.27. The number of hydrogen-bond donors (Lipinski definition) is 3. The number of nitrogens with two attached hydrogens (primary N) is 1. The fraction of sp³-hybridized carbons (Fsp3) is 0.462. The highest BCUT2D eigenvalue weighted by Gasteiger charge is 2.28. The Hall–Kier alpha value is -1.28. The summed E-state index contributed by atoms with van der Waals surface area (Å²) in [7, 11) is -3.47. The van der Waals surface area contributed by atoms with Gasteiger partial charge in [0.1, 0.15) is 0 Å². The van der Waals surface area contributed by atoms with E-state index in [1.807, 2.05) is 0 Å². The highest BCUT2D eigenvalue weighted by molar-refractivity contribution is 9.10. The first kappa shape index (κ1) is 16.1. The van der Waals surface area contributed by atoms with Crippen LogP contribution in [-0.4, -0.2) is 24.7 Å². The van der Waals surface area contributed by atoms with E-state index in [9.17, 15) is 8.42 Å². The van der Waals surface area contributed by atoms with Gasteiger partial charge in [-0.3, -0.25) is 4.72 Å². The summed E-state index contributed by atoms with van der Waals surface area (Å²) in [6.45, 7) is 0. The van der Waals surface area contributed by atoms with E-state index in [2.05, 4.69) is 25.8 Å². The fourth-order valence-electron chi connectivity index (χ4n) is 2.48. The average Bonchev–Trinajstić information content (AvgIpc) is 2.49. The Balaban J connectivity index is 2.30. The average molecular weight is 376 g/mol. The first-order valence-corrected chi connectivity index (χ1v) is 9.07. The molecule has 21 heavy (non-hydrogen) atoms. The molecule has 1 saturated carbocycles. The number of benzene rings is 1. The molecule has 1 fully saturated rings. The SMILES string of the molecule is N/C(=N/O)c1cc(Br)ccc1NS(=O)(=O)C1CCCCC1. The molecular formula is C13H18BrN3O3S. The van der Waals surface area contributed by atoms with E-state index in [0.717, 1.165) is 19.3 Å². The van der Waals surface area contributed by atoms with Crippen LogP contribution in [0.1, 0.15) is 37.7 Å². The van der Waals surface area contributed by atoms with Gasteiger partial charge in [-0.05, 0) is 31.0 Å². The van der Waals surface area contributed by atoms with Crippen LogP contribution in [0, 0.1) is 0 Å². The molecule has 6 nitrogen and oxygen atoms in total. The van der Waals surface area contributed by atoms with Gasteiger partial charge >= 0.3 is 0 Å². The van der Waals surface area contributed by atoms with Crippen LogP contribution in [0.3, 0.4) is 0 Å². The lowest BCUT2D eigenvalue weighted by Crippen LogP contribution is -2.30. The van der Waals surface area contributed by atoms with Gasteiger partial charge < -0.3 is 10.9 Å². The van der Waals surface area contributed by atoms with Crippen LogP contribution in [-0.2, 0) is 10.0 Å². The van der Waals surface area contributed by atoms with Gasteiger partial charge in [-0.1, -0.05) is 40.3 Å². The summed E-state index contributed by atoms with van der Waals surface area (Å²) in [5.41, 5.74) is 6.26. The Labute approximate surface area is 132 Å². The predicted molar refractivity (Wildman–Crippen MR) is 86.1 cm³/mol. The van der Waals surface area contributed by atoms with Crippen LogP contribution >= 0.6 is 15.9 Å². The Morgan fingerprint density at radius 3 is 2.62 bits per heavy atom. The summed E-state index contributed by atoms with van der Waals surface area (Å²) in [5.74, 6) is -0.141. The number of anilines is 1. The Bertz CT molecular complexity index is 640. The second-order valence-corrected chi connectivity index (χ2v) is 7.96. The minimum absolute atomic E-state index is 0.141. The third kappa shape index (κ3) is 3.88. The molecule has 8 heteroatoms. The largest absolute Gasteiger partial charge is 0.409 e. The number of hydrogen-bond acceptors (Lipinski definition) is 4. The van der Waals surface area contributed by atoms with Gasteiger partial charge in [-0.25, -0.2) is 8.42 Å². The van der Waals surface area contributed by atoms with Crippen LogP contribution in [0.15, 0.2) is 27.8 Å². The standard InChI is InChI=1S/C13H18BrN3O3S/c14-9-6-7-12(11(8-9)13(15)16-18)17-21(19,20)10-4-2-1-3-5-10/h6-8,10,17-18H,1-5H2,(H2,15,16). The lowest BCUT2D eigenvalue weighted by Gasteiger charge is -2.23. The zero-order chi connectivity index (χ0) is 15.5. The van der Waals surface area contributed by atoms with Crippen molar-refractivity contribution in [2.45, 2.75) is 37.4 Å². The molecule has 0 atom stereocenters. The maximum absolute atomic E-state index is 12.4. The molecule has 116 valence electrons. The molecule has 1 aliphatic rings. The van der Waals surface area contributed by atoms with E-state index in [-0.39, 0.29) is 11.1 Å². The number of nitrogens with zero attached hydrogens (tertiary/aromatic N) is 1. The third-order valence-electron chi connectivity index (χ3n) is 3.61. The monoisotopic (exact) mass is 375 g/mol. The molecule has 0 radical (unpaired) electrons. The predicted octanol–water partition coefficient (Wildman–Crippen LogP) is 2.62. The van der Waals surface area contributed by atoms with Crippen LogP contribution in [0.2, 0.25) is 0 Å². The van der Waals surface area contributed by atoms with Gasteiger partial charge in [0.25, 0.3) is 0 Å². The lowest BCUT2D eigenvalue weighted by molar-refractivity contribution is 0.318. The first-order valence-electron chi connectivity index (χ1n) is 6.73. The van der Waals surface area contributed by atoms with Gasteiger partial charge in [0.15, 0.2) is 5.84 Å². The maximum atomic E-state index is 12.4. The van der Waals surface area contributed by atoms with Gasteiger partial charge in [0.05, 0.1) is 10.9 Å². The van der Waals surface area contributed by atoms with Crippen molar-refractivity contribution < 1.29 is 13.6 Å². The Morgan fingerprint density at radius 2 is 2.00 bits per heavy atom. The van der Waals surface area contributed by atoms with Crippen molar-refractivity contribution in [1.82, 2.24) is 0 Å². The molecule has 0 unspecified atom stereocenters. The van der Waals surface area contributed by atoms with Crippen molar-refractivity contribution in [1.29, 1.82) is 0 Å². The van der Waals surface area contributed by atoms with Crippen LogP contribution < -0.4 is 10.5 Å². The van der Waals surface area contributed by atoms with Crippen molar-refractivity contribution in [3.63, 3.8) is 0 Å². The van der Waals surface area contributed by atoms with Gasteiger partial charge in [-0.2, -0.15) is 0 Å². The smallest absolute Gasteiger partial charge is 0.235 e. The topological polar surface area (TPSA) is 105 Å². The van der Waals surface area contributed by atoms with Crippen molar-refractivity contribution in [3.05, 3.63) is 28.2 Å². The molecule has 2 rings (SSSR count). The Kier molecular flexibility index (Phi) is 5.10. The van der Waals surface area contributed by atoms with E-state index in [4.69, 9.17) is 10.9 Å². The molecule has 0 saturated heterocycles. The summed E-state index contributed by atoms with van der Waals surface area (Å²) in [5, 5.41) is 11.4. The number of rotatable bonds is 4. The number of oxime groups is 1. The van der Waals surface area contributed by atoms with Crippen molar-refractivity contribution in [2.24, 2.45) is 10.9 Å². The van der Waals surface area contributed by atoms with Gasteiger partial charge in [0.2, 0.25) is 10.0 Å². The minimum atomic E-state index is -3.47. The quantitative estimate of drug-likeness (QED) is 0.325. The lowest BCUT2D eigenvalue weighted by atomic mass is 10.0. The summed E-state index contributed by atoms with van der Waals surface area (Å²) >= 11 is 3.28. The molecule has 0 bridgehead atoms. The first-order chi connectivity index (χ1) is 9.94. The van der Waals surface area contributed by atoms with Gasteiger partial charge in [0, 0.05) is 10.0 Å². The highest BCUT2D eigenvalue weighted by atomic mass is 79.9. The van der Waals surface area contributed by atoms with E-state index in [0.29, 0.717) is 28.6 Å². The molecule has 0 aromatic heterocycles. The zero-order valence-corrected chi connectivity index (χ0v) is 13.8. The van der Waals surface area contributed by atoms with E-state index >= 15 is 0 Å². The zero-order valence-electron chi connectivity index (χ0n) is 11.4. The molecule has 0 heterocycles. The summed E-state index contributed by atoms with van der Waals surface area (Å²) in [6.07, 6.45) is 4.28. The number of halogens is 1. The molecular weight excluding hydrogens is 358 g/mol. The summed E-state index contributed by atoms with van der Waals surface area (Å²) in [4.78, 5) is 0. The normalized spacial score (nSPS) is 17.7. The van der Waals surface area contributed by atoms with E-state index in [1.54, 1.807) is 18.2 Å². The summed E-state index contributed by atoms with van der Waals surface area (Å²) < 4.78 is 28.2. The molecule has 0 aliphatic heterocycles. The van der Waals surface area contributed by atoms with E-state index in [1.165, 1.54) is 0 Å². The van der Waals surface area contributed by atoms with E-state index < -0.39 is 10.0 Å². The molecule has 0 spiro atoms. The summed E-state index contributed by atoms with van der Waals surface area (Å²) in [6, 6.07) is 4.90. The number of sulfonamides is 1. The maximum Gasteiger partial charge on any atom is 0.235 e. The van der Waals surface area contributed by atoms with Gasteiger partial charge in [-0.15, -0.1) is 0 Å². The Morgan fingerprint density at radius 1 is 1.33 bits per heavy atom. The van der Waals surface area contributed by atoms with Crippen LogP contribution in [0.4, 0.5) is 5.69 Å². The van der Waals surface area contributed by atoms with Crippen molar-refractivity contribution in [3.8, 4) is 0 Å². The molecule has 1 aliphatic carbocycles. The fourth-order valence-corrected chi connectivity index (χ4v) is 4.45. The number of nitrogens with one attached hydrogen (secondary N) is 1. The minimum Gasteiger partial charge on any atom is -0.409 e. The molecule has 0 amide bonds. The van der Waals surface area contributed by atoms with Crippen LogP contribution in [0.5, 0.6) is 0 Å².